The number of fused-ring (bicyclic) bond motifs is 3. The van der Waals surface area contributed by atoms with Gasteiger partial charge in [-0.2, -0.15) is 0 Å². The third-order valence-corrected chi connectivity index (χ3v) is 3.86. The molecule has 0 bridgehead atoms. The number of nitrogens with zero attached hydrogens (tertiary/aromatic N) is 3. The predicted octanol–water partition coefficient (Wildman–Crippen LogP) is 3.76. The fourth-order valence-corrected chi connectivity index (χ4v) is 2.91. The molecule has 2 aromatic rings. The smallest absolute Gasteiger partial charge is 0.153 e. The van der Waals surface area contributed by atoms with Gasteiger partial charge in [0.2, 0.25) is 0 Å². The van der Waals surface area contributed by atoms with Gasteiger partial charge in [-0.3, -0.25) is 4.98 Å². The highest BCUT2D eigenvalue weighted by atomic mass is 35.5. The first-order valence-electron chi connectivity index (χ1n) is 6.05. The van der Waals surface area contributed by atoms with Gasteiger partial charge in [0.1, 0.15) is 5.82 Å². The monoisotopic (exact) mass is 277 g/mol. The van der Waals surface area contributed by atoms with Crippen molar-refractivity contribution in [2.75, 3.05) is 11.9 Å². The van der Waals surface area contributed by atoms with Crippen molar-refractivity contribution in [2.45, 2.75) is 19.9 Å². The summed E-state index contributed by atoms with van der Waals surface area (Å²) in [6.45, 7) is 3.88. The molecular weight excluding hydrogens is 265 g/mol. The van der Waals surface area contributed by atoms with E-state index in [2.05, 4.69) is 9.97 Å². The van der Waals surface area contributed by atoms with E-state index in [0.29, 0.717) is 5.15 Å². The lowest BCUT2D eigenvalue weighted by molar-refractivity contribution is 0.611. The highest BCUT2D eigenvalue weighted by Gasteiger charge is 2.29. The van der Waals surface area contributed by atoms with Crippen molar-refractivity contribution >= 4 is 17.3 Å². The van der Waals surface area contributed by atoms with Gasteiger partial charge in [-0.25, -0.2) is 9.37 Å². The Morgan fingerprint density at radius 1 is 1.37 bits per heavy atom. The average molecular weight is 278 g/mol. The molecule has 0 radical (unpaired) electrons. The van der Waals surface area contributed by atoms with E-state index >= 15 is 0 Å². The molecule has 3 heterocycles. The van der Waals surface area contributed by atoms with Crippen LogP contribution in [0.25, 0.3) is 11.3 Å². The molecule has 5 heteroatoms. The van der Waals surface area contributed by atoms with Crippen LogP contribution in [-0.2, 0) is 0 Å². The van der Waals surface area contributed by atoms with E-state index in [-0.39, 0.29) is 11.9 Å². The molecule has 2 aromatic heterocycles. The maximum atomic E-state index is 13.4. The summed E-state index contributed by atoms with van der Waals surface area (Å²) < 4.78 is 13.4. The molecule has 3 nitrogen and oxygen atoms in total. The summed E-state index contributed by atoms with van der Waals surface area (Å²) in [6.07, 6.45) is 1.24. The minimum atomic E-state index is -0.320. The number of aryl methyl sites for hydroxylation is 1. The second-order valence-corrected chi connectivity index (χ2v) is 5.19. The van der Waals surface area contributed by atoms with E-state index in [4.69, 9.17) is 11.6 Å². The van der Waals surface area contributed by atoms with Crippen molar-refractivity contribution in [3.8, 4) is 11.3 Å². The van der Waals surface area contributed by atoms with E-state index in [1.54, 1.807) is 0 Å². The Bertz CT molecular complexity index is 672. The zero-order valence-corrected chi connectivity index (χ0v) is 11.7. The van der Waals surface area contributed by atoms with Crippen LogP contribution in [0.5, 0.6) is 0 Å². The van der Waals surface area contributed by atoms with Crippen LogP contribution in [0.2, 0.25) is 5.15 Å². The minimum Gasteiger partial charge on any atom is -0.365 e. The molecule has 0 fully saturated rings. The van der Waals surface area contributed by atoms with E-state index in [0.717, 1.165) is 28.2 Å². The number of halogens is 2. The lowest BCUT2D eigenvalue weighted by Crippen LogP contribution is -2.27. The third kappa shape index (κ3) is 1.78. The Kier molecular flexibility index (Phi) is 2.71. The summed E-state index contributed by atoms with van der Waals surface area (Å²) in [7, 11) is 1.93. The van der Waals surface area contributed by atoms with Crippen molar-refractivity contribution in [2.24, 2.45) is 0 Å². The van der Waals surface area contributed by atoms with Crippen LogP contribution in [0.1, 0.15) is 24.2 Å². The number of anilines is 1. The molecule has 1 atom stereocenters. The summed E-state index contributed by atoms with van der Waals surface area (Å²) in [4.78, 5) is 10.5. The van der Waals surface area contributed by atoms with E-state index in [9.17, 15) is 4.39 Å². The van der Waals surface area contributed by atoms with Gasteiger partial charge in [0, 0.05) is 23.9 Å². The molecule has 1 aliphatic heterocycles. The van der Waals surface area contributed by atoms with E-state index in [1.807, 2.05) is 31.9 Å². The minimum absolute atomic E-state index is 0.00714. The van der Waals surface area contributed by atoms with Gasteiger partial charge in [-0.05, 0) is 26.0 Å². The number of rotatable bonds is 0. The van der Waals surface area contributed by atoms with Crippen LogP contribution in [0.15, 0.2) is 18.3 Å². The van der Waals surface area contributed by atoms with Gasteiger partial charge in [-0.1, -0.05) is 11.6 Å². The Hall–Kier alpha value is -1.68. The first-order valence-corrected chi connectivity index (χ1v) is 6.42. The second kappa shape index (κ2) is 4.17. The second-order valence-electron chi connectivity index (χ2n) is 4.83. The molecule has 3 rings (SSSR count). The zero-order chi connectivity index (χ0) is 13.7. The summed E-state index contributed by atoms with van der Waals surface area (Å²) in [5, 5.41) is 0.459. The standard InChI is InChI=1S/C14H13ClFN3/c1-7-4-11-12-10(5-9(16)6-17-12)8(2)19(3)13(11)14(15)18-7/h4-6,8H,1-3H3. The Balaban J connectivity index is 2.36. The molecule has 98 valence electrons. The van der Waals surface area contributed by atoms with Crippen molar-refractivity contribution in [3.63, 3.8) is 0 Å². The Morgan fingerprint density at radius 3 is 2.84 bits per heavy atom. The summed E-state index contributed by atoms with van der Waals surface area (Å²) in [6, 6.07) is 3.48. The lowest BCUT2D eigenvalue weighted by Gasteiger charge is -2.35. The molecule has 0 spiro atoms. The molecule has 0 aromatic carbocycles. The molecular formula is C14H13ClFN3. The van der Waals surface area contributed by atoms with Gasteiger partial charge in [0.25, 0.3) is 0 Å². The highest BCUT2D eigenvalue weighted by molar-refractivity contribution is 6.33. The van der Waals surface area contributed by atoms with Crippen molar-refractivity contribution in [1.29, 1.82) is 0 Å². The molecule has 0 saturated carbocycles. The summed E-state index contributed by atoms with van der Waals surface area (Å²) in [5.41, 5.74) is 4.24. The number of hydrogen-bond donors (Lipinski definition) is 0. The molecule has 1 aliphatic rings. The SMILES string of the molecule is Cc1cc2c(c(Cl)n1)N(C)C(C)c1cc(F)cnc1-2. The van der Waals surface area contributed by atoms with Crippen molar-refractivity contribution < 1.29 is 4.39 Å². The van der Waals surface area contributed by atoms with Crippen LogP contribution in [0, 0.1) is 12.7 Å². The molecule has 1 unspecified atom stereocenters. The third-order valence-electron chi connectivity index (χ3n) is 3.60. The molecule has 0 amide bonds. The number of aromatic nitrogens is 2. The first-order chi connectivity index (χ1) is 8.99. The first kappa shape index (κ1) is 12.4. The van der Waals surface area contributed by atoms with Crippen LogP contribution < -0.4 is 4.90 Å². The number of hydrogen-bond acceptors (Lipinski definition) is 3. The van der Waals surface area contributed by atoms with Crippen LogP contribution in [0.3, 0.4) is 0 Å². The molecule has 0 saturated heterocycles. The predicted molar refractivity (Wildman–Crippen MR) is 74.0 cm³/mol. The van der Waals surface area contributed by atoms with Crippen molar-refractivity contribution in [3.05, 3.63) is 40.6 Å². The normalized spacial score (nSPS) is 17.1. The zero-order valence-electron chi connectivity index (χ0n) is 10.9. The topological polar surface area (TPSA) is 29.0 Å². The van der Waals surface area contributed by atoms with Gasteiger partial charge in [0.15, 0.2) is 5.15 Å². The maximum absolute atomic E-state index is 13.4. The largest absolute Gasteiger partial charge is 0.365 e. The van der Waals surface area contributed by atoms with Crippen LogP contribution in [-0.4, -0.2) is 17.0 Å². The van der Waals surface area contributed by atoms with Crippen LogP contribution in [0.4, 0.5) is 10.1 Å². The van der Waals surface area contributed by atoms with Gasteiger partial charge >= 0.3 is 0 Å². The van der Waals surface area contributed by atoms with Gasteiger partial charge in [0.05, 0.1) is 23.6 Å². The average Bonchev–Trinajstić information content (AvgIpc) is 2.35. The quantitative estimate of drug-likeness (QED) is 0.687. The fourth-order valence-electron chi connectivity index (χ4n) is 2.55. The highest BCUT2D eigenvalue weighted by Crippen LogP contribution is 2.45. The van der Waals surface area contributed by atoms with E-state index in [1.165, 1.54) is 12.3 Å². The molecule has 0 aliphatic carbocycles. The van der Waals surface area contributed by atoms with Crippen molar-refractivity contribution in [1.82, 2.24) is 9.97 Å². The summed E-state index contributed by atoms with van der Waals surface area (Å²) in [5.74, 6) is -0.320. The van der Waals surface area contributed by atoms with Gasteiger partial charge in [-0.15, -0.1) is 0 Å². The van der Waals surface area contributed by atoms with E-state index < -0.39 is 0 Å². The van der Waals surface area contributed by atoms with Gasteiger partial charge < -0.3 is 4.90 Å². The van der Waals surface area contributed by atoms with Crippen LogP contribution >= 0.6 is 11.6 Å². The lowest BCUT2D eigenvalue weighted by atomic mass is 9.94. The Morgan fingerprint density at radius 2 is 2.11 bits per heavy atom. The maximum Gasteiger partial charge on any atom is 0.153 e. The number of pyridine rings is 2. The molecule has 0 N–H and O–H groups in total. The fraction of sp³-hybridized carbons (Fsp3) is 0.286. The molecule has 19 heavy (non-hydrogen) atoms. The Labute approximate surface area is 116 Å². The summed E-state index contributed by atoms with van der Waals surface area (Å²) >= 11 is 6.25.